The molecular weight excluding hydrogens is 1020 g/mol. The molecule has 0 saturated carbocycles. The van der Waals surface area contributed by atoms with Crippen molar-refractivity contribution in [2.75, 3.05) is 0 Å². The maximum absolute atomic E-state index is 9.40. The topological polar surface area (TPSA) is 125 Å². The molecule has 0 saturated heterocycles. The number of aromatic nitrogens is 6. The Hall–Kier alpha value is -11.8. The Balaban J connectivity index is 0.000000157. The first-order chi connectivity index (χ1) is 41.5. The van der Waals surface area contributed by atoms with Gasteiger partial charge in [-0.2, -0.15) is 10.5 Å². The minimum absolute atomic E-state index is 0.631. The highest BCUT2D eigenvalue weighted by Gasteiger charge is 2.17. The normalized spacial score (nSPS) is 10.8. The molecule has 0 radical (unpaired) electrons. The molecule has 0 aliphatic heterocycles. The van der Waals surface area contributed by atoms with Gasteiger partial charge in [-0.1, -0.05) is 267 Å². The molecule has 0 spiro atoms. The summed E-state index contributed by atoms with van der Waals surface area (Å²) in [4.78, 5) is 29.1. The number of benzene rings is 12. The second-order valence-electron chi connectivity index (χ2n) is 20.0. The molecule has 0 N–H and O–H groups in total. The average Bonchev–Trinajstić information content (AvgIpc) is 3.69. The van der Waals surface area contributed by atoms with Gasteiger partial charge in [0.1, 0.15) is 0 Å². The summed E-state index contributed by atoms with van der Waals surface area (Å²) in [6.07, 6.45) is 0. The molecule has 84 heavy (non-hydrogen) atoms. The minimum Gasteiger partial charge on any atom is -0.208 e. The van der Waals surface area contributed by atoms with E-state index in [0.717, 1.165) is 88.7 Å². The summed E-state index contributed by atoms with van der Waals surface area (Å²) in [5.41, 5.74) is 15.8. The van der Waals surface area contributed by atoms with Gasteiger partial charge in [0.2, 0.25) is 0 Å². The van der Waals surface area contributed by atoms with Gasteiger partial charge in [-0.3, -0.25) is 0 Å². The van der Waals surface area contributed by atoms with Crippen LogP contribution in [0.2, 0.25) is 0 Å². The number of fused-ring (bicyclic) bond motifs is 2. The van der Waals surface area contributed by atoms with Crippen molar-refractivity contribution in [3.8, 4) is 125 Å². The molecule has 2 heterocycles. The molecule has 0 amide bonds. The van der Waals surface area contributed by atoms with Crippen LogP contribution in [0.15, 0.2) is 291 Å². The van der Waals surface area contributed by atoms with E-state index in [1.54, 1.807) is 0 Å². The lowest BCUT2D eigenvalue weighted by molar-refractivity contribution is 1.07. The third-order valence-electron chi connectivity index (χ3n) is 14.8. The van der Waals surface area contributed by atoms with Crippen LogP contribution < -0.4 is 0 Å². The van der Waals surface area contributed by atoms with Gasteiger partial charge in [-0.25, -0.2) is 29.9 Å². The zero-order chi connectivity index (χ0) is 56.6. The Bertz CT molecular complexity index is 4640. The molecule has 392 valence electrons. The molecule has 14 rings (SSSR count). The van der Waals surface area contributed by atoms with Gasteiger partial charge in [-0.15, -0.1) is 0 Å². The van der Waals surface area contributed by atoms with Crippen molar-refractivity contribution in [3.05, 3.63) is 302 Å². The Labute approximate surface area is 486 Å². The minimum atomic E-state index is 0.631. The molecule has 8 heteroatoms. The summed E-state index contributed by atoms with van der Waals surface area (Å²) in [7, 11) is 0. The van der Waals surface area contributed by atoms with E-state index in [-0.39, 0.29) is 0 Å². The summed E-state index contributed by atoms with van der Waals surface area (Å²) in [6, 6.07) is 102. The summed E-state index contributed by atoms with van der Waals surface area (Å²) in [6.45, 7) is 0. The van der Waals surface area contributed by atoms with Gasteiger partial charge < -0.3 is 0 Å². The zero-order valence-electron chi connectivity index (χ0n) is 45.3. The first-order valence-electron chi connectivity index (χ1n) is 27.5. The van der Waals surface area contributed by atoms with E-state index in [1.807, 2.05) is 164 Å². The molecule has 0 aliphatic carbocycles. The Kier molecular flexibility index (Phi) is 14.4. The van der Waals surface area contributed by atoms with E-state index in [1.165, 1.54) is 10.8 Å². The predicted molar refractivity (Wildman–Crippen MR) is 338 cm³/mol. The predicted octanol–water partition coefficient (Wildman–Crippen LogP) is 18.5. The highest BCUT2D eigenvalue weighted by atomic mass is 15.0. The standard InChI is InChI=1S/2C38H24N4/c39-25-26-10-9-15-31(24-26)33-23-22-32(34-16-7-8-17-35(33)34)27-18-20-30(21-19-27)38-41-36(28-11-3-1-4-12-28)40-37(42-38)29-13-5-2-6-14-29;39-25-26-15-17-27(18-16-26)32-23-24-33(35-14-8-7-13-34(32)35)28-19-21-31(22-20-28)38-41-36(29-9-3-1-4-10-29)40-37(42-38)30-11-5-2-6-12-30/h2*1-24H. The highest BCUT2D eigenvalue weighted by molar-refractivity contribution is 6.06. The lowest BCUT2D eigenvalue weighted by Gasteiger charge is -2.13. The molecule has 0 aliphatic rings. The van der Waals surface area contributed by atoms with Gasteiger partial charge in [0, 0.05) is 33.4 Å². The molecule has 12 aromatic carbocycles. The van der Waals surface area contributed by atoms with Crippen molar-refractivity contribution in [1.82, 2.24) is 29.9 Å². The molecule has 2 aromatic heterocycles. The fourth-order valence-corrected chi connectivity index (χ4v) is 10.6. The summed E-state index contributed by atoms with van der Waals surface area (Å²) < 4.78 is 0. The Morgan fingerprint density at radius 1 is 0.190 bits per heavy atom. The van der Waals surface area contributed by atoms with Crippen LogP contribution in [0, 0.1) is 22.7 Å². The van der Waals surface area contributed by atoms with E-state index in [4.69, 9.17) is 29.9 Å². The number of nitrogens with zero attached hydrogens (tertiary/aromatic N) is 8. The summed E-state index contributed by atoms with van der Waals surface area (Å²) >= 11 is 0. The van der Waals surface area contributed by atoms with Crippen LogP contribution in [0.5, 0.6) is 0 Å². The fourth-order valence-electron chi connectivity index (χ4n) is 10.6. The van der Waals surface area contributed by atoms with Crippen LogP contribution >= 0.6 is 0 Å². The SMILES string of the molecule is N#Cc1ccc(-c2ccc(-c3ccc(-c4nc(-c5ccccc5)nc(-c5ccccc5)n4)cc3)c3ccccc23)cc1.N#Cc1cccc(-c2ccc(-c3ccc(-c4nc(-c5ccccc5)nc(-c5ccccc5)n4)cc3)c3ccccc23)c1. The molecule has 0 bridgehead atoms. The van der Waals surface area contributed by atoms with Gasteiger partial charge >= 0.3 is 0 Å². The first-order valence-corrected chi connectivity index (χ1v) is 27.5. The van der Waals surface area contributed by atoms with Crippen molar-refractivity contribution in [1.29, 1.82) is 10.5 Å². The molecule has 0 fully saturated rings. The molecule has 0 atom stereocenters. The van der Waals surface area contributed by atoms with Crippen LogP contribution in [-0.4, -0.2) is 29.9 Å². The first kappa shape index (κ1) is 51.6. The van der Waals surface area contributed by atoms with Crippen LogP contribution in [0.4, 0.5) is 0 Å². The molecular formula is C76H48N8. The quantitative estimate of drug-likeness (QED) is 0.133. The van der Waals surface area contributed by atoms with Crippen molar-refractivity contribution in [3.63, 3.8) is 0 Å². The van der Waals surface area contributed by atoms with Gasteiger partial charge in [-0.05, 0) is 90.3 Å². The Morgan fingerprint density at radius 2 is 0.429 bits per heavy atom. The molecule has 14 aromatic rings. The van der Waals surface area contributed by atoms with E-state index in [0.29, 0.717) is 46.1 Å². The summed E-state index contributed by atoms with van der Waals surface area (Å²) in [5.74, 6) is 3.85. The van der Waals surface area contributed by atoms with Gasteiger partial charge in [0.05, 0.1) is 23.3 Å². The summed E-state index contributed by atoms with van der Waals surface area (Å²) in [5, 5.41) is 23.2. The maximum Gasteiger partial charge on any atom is 0.164 e. The van der Waals surface area contributed by atoms with Crippen molar-refractivity contribution < 1.29 is 0 Å². The highest BCUT2D eigenvalue weighted by Crippen LogP contribution is 2.39. The third kappa shape index (κ3) is 10.8. The second kappa shape index (κ2) is 23.5. The van der Waals surface area contributed by atoms with Crippen LogP contribution in [0.25, 0.3) is 134 Å². The van der Waals surface area contributed by atoms with Crippen LogP contribution in [0.3, 0.4) is 0 Å². The number of hydrogen-bond acceptors (Lipinski definition) is 8. The lowest BCUT2D eigenvalue weighted by Crippen LogP contribution is -2.00. The largest absolute Gasteiger partial charge is 0.208 e. The van der Waals surface area contributed by atoms with Crippen molar-refractivity contribution in [2.45, 2.75) is 0 Å². The third-order valence-corrected chi connectivity index (χ3v) is 14.8. The van der Waals surface area contributed by atoms with E-state index in [9.17, 15) is 10.5 Å². The average molecular weight is 1070 g/mol. The zero-order valence-corrected chi connectivity index (χ0v) is 45.3. The monoisotopic (exact) mass is 1070 g/mol. The van der Waals surface area contributed by atoms with Crippen LogP contribution in [-0.2, 0) is 0 Å². The Morgan fingerprint density at radius 3 is 0.726 bits per heavy atom. The van der Waals surface area contributed by atoms with Gasteiger partial charge in [0.15, 0.2) is 34.9 Å². The molecule has 0 unspecified atom stereocenters. The van der Waals surface area contributed by atoms with Gasteiger partial charge in [0.25, 0.3) is 0 Å². The second-order valence-corrected chi connectivity index (χ2v) is 20.0. The van der Waals surface area contributed by atoms with Crippen LogP contribution in [0.1, 0.15) is 11.1 Å². The molecule has 8 nitrogen and oxygen atoms in total. The van der Waals surface area contributed by atoms with E-state index in [2.05, 4.69) is 140 Å². The van der Waals surface area contributed by atoms with Crippen molar-refractivity contribution in [2.24, 2.45) is 0 Å². The number of rotatable bonds is 10. The maximum atomic E-state index is 9.40. The smallest absolute Gasteiger partial charge is 0.164 e. The lowest BCUT2D eigenvalue weighted by atomic mass is 9.91. The number of hydrogen-bond donors (Lipinski definition) is 0. The van der Waals surface area contributed by atoms with E-state index >= 15 is 0 Å². The van der Waals surface area contributed by atoms with Crippen molar-refractivity contribution >= 4 is 21.5 Å². The number of nitriles is 2. The fraction of sp³-hybridized carbons (Fsp3) is 0. The van der Waals surface area contributed by atoms with E-state index < -0.39 is 0 Å².